The number of hydrogen-bond donors (Lipinski definition) is 0. The Labute approximate surface area is 136 Å². The standard InChI is InChI=1S/C16H22NO5P/c1-4-12-20-16(18)15(23(19,21-5-2)22-6-3)17-13-14-10-8-7-9-11-14/h4,7-11,13,15H,1,5-6,12H2,2-3H3/b17-13+. The zero-order valence-electron chi connectivity index (χ0n) is 13.4. The Morgan fingerprint density at radius 2 is 1.87 bits per heavy atom. The van der Waals surface area contributed by atoms with E-state index in [0.29, 0.717) is 0 Å². The lowest BCUT2D eigenvalue weighted by atomic mass is 10.2. The summed E-state index contributed by atoms with van der Waals surface area (Å²) < 4.78 is 28.3. The molecule has 0 bridgehead atoms. The third kappa shape index (κ3) is 6.10. The van der Waals surface area contributed by atoms with Crippen LogP contribution in [-0.2, 0) is 23.1 Å². The predicted octanol–water partition coefficient (Wildman–Crippen LogP) is 3.43. The van der Waals surface area contributed by atoms with Crippen molar-refractivity contribution < 1.29 is 23.1 Å². The van der Waals surface area contributed by atoms with Crippen LogP contribution in [-0.4, -0.2) is 37.8 Å². The molecule has 0 fully saturated rings. The largest absolute Gasteiger partial charge is 0.459 e. The Hall–Kier alpha value is -1.75. The molecule has 0 aliphatic rings. The number of benzene rings is 1. The maximum atomic E-state index is 12.9. The minimum atomic E-state index is -3.77. The number of ether oxygens (including phenoxy) is 1. The highest BCUT2D eigenvalue weighted by molar-refractivity contribution is 7.55. The van der Waals surface area contributed by atoms with Gasteiger partial charge in [-0.2, -0.15) is 0 Å². The average Bonchev–Trinajstić information content (AvgIpc) is 2.54. The van der Waals surface area contributed by atoms with Crippen LogP contribution in [0.1, 0.15) is 19.4 Å². The van der Waals surface area contributed by atoms with Crippen molar-refractivity contribution in [2.45, 2.75) is 19.6 Å². The zero-order chi connectivity index (χ0) is 17.1. The number of nitrogens with zero attached hydrogens (tertiary/aromatic N) is 1. The molecule has 0 radical (unpaired) electrons. The van der Waals surface area contributed by atoms with E-state index in [9.17, 15) is 9.36 Å². The van der Waals surface area contributed by atoms with Crippen molar-refractivity contribution in [1.29, 1.82) is 0 Å². The topological polar surface area (TPSA) is 74.2 Å². The number of aliphatic imine (C=N–C) groups is 1. The molecule has 7 heteroatoms. The number of rotatable bonds is 10. The average molecular weight is 339 g/mol. The maximum absolute atomic E-state index is 12.9. The summed E-state index contributed by atoms with van der Waals surface area (Å²) >= 11 is 0. The highest BCUT2D eigenvalue weighted by Gasteiger charge is 2.42. The molecule has 1 unspecified atom stereocenters. The maximum Gasteiger partial charge on any atom is 0.366 e. The summed E-state index contributed by atoms with van der Waals surface area (Å²) in [4.78, 5) is 16.3. The van der Waals surface area contributed by atoms with E-state index in [2.05, 4.69) is 11.6 Å². The van der Waals surface area contributed by atoms with Gasteiger partial charge < -0.3 is 13.8 Å². The van der Waals surface area contributed by atoms with Crippen LogP contribution in [0, 0.1) is 0 Å². The van der Waals surface area contributed by atoms with E-state index in [-0.39, 0.29) is 19.8 Å². The van der Waals surface area contributed by atoms with Crippen molar-refractivity contribution >= 4 is 19.8 Å². The molecule has 0 amide bonds. The van der Waals surface area contributed by atoms with E-state index >= 15 is 0 Å². The van der Waals surface area contributed by atoms with Crippen LogP contribution >= 0.6 is 7.60 Å². The summed E-state index contributed by atoms with van der Waals surface area (Å²) in [5.74, 6) is -2.15. The van der Waals surface area contributed by atoms with Gasteiger partial charge >= 0.3 is 13.6 Å². The summed E-state index contributed by atoms with van der Waals surface area (Å²) in [6.45, 7) is 7.06. The molecule has 0 spiro atoms. The number of carbonyl (C=O) groups excluding carboxylic acids is 1. The molecule has 0 aliphatic carbocycles. The van der Waals surface area contributed by atoms with Gasteiger partial charge in [0.25, 0.3) is 0 Å². The Morgan fingerprint density at radius 1 is 1.26 bits per heavy atom. The molecule has 0 aromatic heterocycles. The van der Waals surface area contributed by atoms with Gasteiger partial charge in [0.15, 0.2) is 0 Å². The van der Waals surface area contributed by atoms with Crippen LogP contribution < -0.4 is 0 Å². The number of esters is 1. The quantitative estimate of drug-likeness (QED) is 0.283. The molecule has 0 heterocycles. The van der Waals surface area contributed by atoms with Crippen molar-refractivity contribution in [2.24, 2.45) is 4.99 Å². The Balaban J connectivity index is 3.09. The molecule has 1 aromatic carbocycles. The SMILES string of the molecule is C=CCOC(=O)C(/N=C/c1ccccc1)P(=O)(OCC)OCC. The fourth-order valence-corrected chi connectivity index (χ4v) is 3.36. The first-order chi connectivity index (χ1) is 11.1. The van der Waals surface area contributed by atoms with E-state index in [4.69, 9.17) is 13.8 Å². The summed E-state index contributed by atoms with van der Waals surface area (Å²) in [5.41, 5.74) is 0.758. The molecule has 1 aromatic rings. The molecule has 1 atom stereocenters. The second-order valence-electron chi connectivity index (χ2n) is 4.36. The minimum absolute atomic E-state index is 0.00552. The van der Waals surface area contributed by atoms with E-state index in [1.165, 1.54) is 12.3 Å². The minimum Gasteiger partial charge on any atom is -0.459 e. The van der Waals surface area contributed by atoms with Crippen molar-refractivity contribution in [3.8, 4) is 0 Å². The lowest BCUT2D eigenvalue weighted by molar-refractivity contribution is -0.142. The number of hydrogen-bond acceptors (Lipinski definition) is 6. The van der Waals surface area contributed by atoms with Crippen LogP contribution in [0.5, 0.6) is 0 Å². The van der Waals surface area contributed by atoms with Crippen molar-refractivity contribution in [2.75, 3.05) is 19.8 Å². The molecular weight excluding hydrogens is 317 g/mol. The van der Waals surface area contributed by atoms with Crippen molar-refractivity contribution in [3.63, 3.8) is 0 Å². The second kappa shape index (κ2) is 10.1. The summed E-state index contributed by atoms with van der Waals surface area (Å²) in [5, 5.41) is 0. The first-order valence-electron chi connectivity index (χ1n) is 7.32. The van der Waals surface area contributed by atoms with Gasteiger partial charge in [-0.3, -0.25) is 9.56 Å². The van der Waals surface area contributed by atoms with Crippen LogP contribution in [0.4, 0.5) is 0 Å². The molecular formula is C16H22NO5P. The summed E-state index contributed by atoms with van der Waals surface area (Å²) in [6.07, 6.45) is 2.87. The van der Waals surface area contributed by atoms with Gasteiger partial charge in [-0.25, -0.2) is 4.79 Å². The molecule has 0 saturated heterocycles. The molecule has 0 aliphatic heterocycles. The molecule has 126 valence electrons. The molecule has 1 rings (SSSR count). The van der Waals surface area contributed by atoms with Gasteiger partial charge in [0.1, 0.15) is 6.61 Å². The lowest BCUT2D eigenvalue weighted by Gasteiger charge is -2.21. The van der Waals surface area contributed by atoms with E-state index < -0.39 is 19.3 Å². The molecule has 6 nitrogen and oxygen atoms in total. The van der Waals surface area contributed by atoms with Gasteiger partial charge in [-0.15, -0.1) is 0 Å². The molecule has 0 N–H and O–H groups in total. The van der Waals surface area contributed by atoms with Gasteiger partial charge in [0.05, 0.1) is 13.2 Å². The first-order valence-corrected chi connectivity index (χ1v) is 8.93. The fraction of sp³-hybridized carbons (Fsp3) is 0.375. The third-order valence-electron chi connectivity index (χ3n) is 2.64. The Bertz CT molecular complexity index is 563. The van der Waals surface area contributed by atoms with Crippen molar-refractivity contribution in [3.05, 3.63) is 48.6 Å². The smallest absolute Gasteiger partial charge is 0.366 e. The van der Waals surface area contributed by atoms with Gasteiger partial charge in [0, 0.05) is 6.21 Å². The van der Waals surface area contributed by atoms with E-state index in [0.717, 1.165) is 5.56 Å². The van der Waals surface area contributed by atoms with Crippen LogP contribution in [0.2, 0.25) is 0 Å². The Kier molecular flexibility index (Phi) is 8.48. The summed E-state index contributed by atoms with van der Waals surface area (Å²) in [6, 6.07) is 9.14. The van der Waals surface area contributed by atoms with E-state index in [1.807, 2.05) is 30.3 Å². The highest BCUT2D eigenvalue weighted by atomic mass is 31.2. The zero-order valence-corrected chi connectivity index (χ0v) is 14.3. The lowest BCUT2D eigenvalue weighted by Crippen LogP contribution is -2.24. The normalized spacial score (nSPS) is 13.0. The number of carbonyl (C=O) groups is 1. The van der Waals surface area contributed by atoms with E-state index in [1.54, 1.807) is 13.8 Å². The fourth-order valence-electron chi connectivity index (χ4n) is 1.72. The first kappa shape index (κ1) is 19.3. The predicted molar refractivity (Wildman–Crippen MR) is 89.8 cm³/mol. The van der Waals surface area contributed by atoms with Gasteiger partial charge in [-0.1, -0.05) is 43.0 Å². The summed E-state index contributed by atoms with van der Waals surface area (Å²) in [7, 11) is -3.77. The monoisotopic (exact) mass is 339 g/mol. The van der Waals surface area contributed by atoms with Crippen molar-refractivity contribution in [1.82, 2.24) is 0 Å². The van der Waals surface area contributed by atoms with Crippen LogP contribution in [0.15, 0.2) is 48.0 Å². The van der Waals surface area contributed by atoms with Gasteiger partial charge in [0.2, 0.25) is 5.78 Å². The highest BCUT2D eigenvalue weighted by Crippen LogP contribution is 2.54. The van der Waals surface area contributed by atoms with Crippen LogP contribution in [0.3, 0.4) is 0 Å². The Morgan fingerprint density at radius 3 is 2.39 bits per heavy atom. The second-order valence-corrected chi connectivity index (χ2v) is 6.44. The molecule has 0 saturated carbocycles. The van der Waals surface area contributed by atoms with Crippen LogP contribution in [0.25, 0.3) is 0 Å². The molecule has 23 heavy (non-hydrogen) atoms. The third-order valence-corrected chi connectivity index (χ3v) is 4.82. The van der Waals surface area contributed by atoms with Gasteiger partial charge in [-0.05, 0) is 19.4 Å².